The third kappa shape index (κ3) is 4.63. The van der Waals surface area contributed by atoms with Crippen molar-refractivity contribution in [3.63, 3.8) is 0 Å². The number of benzene rings is 1. The molecule has 5 heteroatoms. The van der Waals surface area contributed by atoms with Crippen molar-refractivity contribution in [1.29, 1.82) is 0 Å². The summed E-state index contributed by atoms with van der Waals surface area (Å²) < 4.78 is 5.40. The summed E-state index contributed by atoms with van der Waals surface area (Å²) in [6.45, 7) is 8.54. The Bertz CT molecular complexity index is 523. The van der Waals surface area contributed by atoms with Crippen LogP contribution in [0, 0.1) is 0 Å². The van der Waals surface area contributed by atoms with Crippen LogP contribution in [0.2, 0.25) is 0 Å². The number of nitrogen functional groups attached to an aromatic ring is 1. The molecule has 0 aliphatic rings. The standard InChI is InChI=1S/C16H22N2O3/c1-5-6-15(21-16(20)11(2)3)18(12(4)19)14-9-7-13(17)8-10-14/h7-10,15H,2,5-6,17H2,1,3-4H3. The molecule has 2 N–H and O–H groups in total. The normalized spacial score (nSPS) is 11.6. The number of hydrogen-bond donors (Lipinski definition) is 1. The van der Waals surface area contributed by atoms with E-state index in [2.05, 4.69) is 6.58 Å². The molecule has 0 saturated heterocycles. The molecule has 114 valence electrons. The third-order valence-electron chi connectivity index (χ3n) is 2.93. The predicted molar refractivity (Wildman–Crippen MR) is 83.6 cm³/mol. The van der Waals surface area contributed by atoms with Gasteiger partial charge in [0.1, 0.15) is 0 Å². The fourth-order valence-electron chi connectivity index (χ4n) is 1.90. The van der Waals surface area contributed by atoms with Crippen molar-refractivity contribution >= 4 is 23.3 Å². The van der Waals surface area contributed by atoms with Gasteiger partial charge < -0.3 is 10.5 Å². The van der Waals surface area contributed by atoms with E-state index in [1.165, 1.54) is 11.8 Å². The Hall–Kier alpha value is -2.30. The second-order valence-corrected chi connectivity index (χ2v) is 4.91. The van der Waals surface area contributed by atoms with E-state index in [4.69, 9.17) is 10.5 Å². The number of carbonyl (C=O) groups excluding carboxylic acids is 2. The Morgan fingerprint density at radius 3 is 2.29 bits per heavy atom. The maximum Gasteiger partial charge on any atom is 0.335 e. The minimum Gasteiger partial charge on any atom is -0.438 e. The molecule has 0 saturated carbocycles. The summed E-state index contributed by atoms with van der Waals surface area (Å²) in [6, 6.07) is 6.87. The van der Waals surface area contributed by atoms with Crippen molar-refractivity contribution in [3.05, 3.63) is 36.4 Å². The number of esters is 1. The Morgan fingerprint density at radius 1 is 1.29 bits per heavy atom. The number of rotatable bonds is 6. The summed E-state index contributed by atoms with van der Waals surface area (Å²) in [4.78, 5) is 25.2. The molecule has 0 fully saturated rings. The van der Waals surface area contributed by atoms with E-state index in [1.807, 2.05) is 6.92 Å². The number of hydrogen-bond acceptors (Lipinski definition) is 4. The van der Waals surface area contributed by atoms with Crippen LogP contribution < -0.4 is 10.6 Å². The highest BCUT2D eigenvalue weighted by Gasteiger charge is 2.25. The summed E-state index contributed by atoms with van der Waals surface area (Å²) in [5.74, 6) is -0.706. The maximum atomic E-state index is 12.0. The average molecular weight is 290 g/mol. The number of nitrogens with two attached hydrogens (primary N) is 1. The number of anilines is 2. The molecule has 0 heterocycles. The van der Waals surface area contributed by atoms with Gasteiger partial charge in [0.25, 0.3) is 0 Å². The number of nitrogens with zero attached hydrogens (tertiary/aromatic N) is 1. The summed E-state index contributed by atoms with van der Waals surface area (Å²) >= 11 is 0. The van der Waals surface area contributed by atoms with Crippen LogP contribution in [0.3, 0.4) is 0 Å². The van der Waals surface area contributed by atoms with Crippen LogP contribution in [-0.2, 0) is 14.3 Å². The van der Waals surface area contributed by atoms with Gasteiger partial charge >= 0.3 is 5.97 Å². The van der Waals surface area contributed by atoms with Gasteiger partial charge in [-0.3, -0.25) is 9.69 Å². The van der Waals surface area contributed by atoms with Crippen LogP contribution in [0.4, 0.5) is 11.4 Å². The first-order valence-corrected chi connectivity index (χ1v) is 6.88. The van der Waals surface area contributed by atoms with E-state index in [1.54, 1.807) is 31.2 Å². The first kappa shape index (κ1) is 16.8. The van der Waals surface area contributed by atoms with Gasteiger partial charge in [0.05, 0.1) is 0 Å². The van der Waals surface area contributed by atoms with Crippen molar-refractivity contribution in [2.75, 3.05) is 10.6 Å². The Kier molecular flexibility index (Phi) is 5.96. The van der Waals surface area contributed by atoms with Gasteiger partial charge in [-0.05, 0) is 31.2 Å². The summed E-state index contributed by atoms with van der Waals surface area (Å²) in [5.41, 5.74) is 7.21. The molecule has 21 heavy (non-hydrogen) atoms. The first-order chi connectivity index (χ1) is 9.86. The molecule has 0 radical (unpaired) electrons. The lowest BCUT2D eigenvalue weighted by atomic mass is 10.2. The molecule has 1 atom stereocenters. The zero-order chi connectivity index (χ0) is 16.0. The van der Waals surface area contributed by atoms with Gasteiger partial charge in [-0.2, -0.15) is 0 Å². The van der Waals surface area contributed by atoms with Gasteiger partial charge in [-0.15, -0.1) is 0 Å². The Balaban J connectivity index is 3.08. The van der Waals surface area contributed by atoms with Crippen molar-refractivity contribution < 1.29 is 14.3 Å². The second kappa shape index (κ2) is 7.47. The highest BCUT2D eigenvalue weighted by Crippen LogP contribution is 2.22. The molecule has 1 rings (SSSR count). The molecule has 0 aliphatic carbocycles. The number of carbonyl (C=O) groups is 2. The van der Waals surface area contributed by atoms with Crippen molar-refractivity contribution in [2.45, 2.75) is 39.8 Å². The van der Waals surface area contributed by atoms with E-state index in [0.29, 0.717) is 23.4 Å². The van der Waals surface area contributed by atoms with Crippen molar-refractivity contribution in [1.82, 2.24) is 0 Å². The lowest BCUT2D eigenvalue weighted by Gasteiger charge is -2.30. The summed E-state index contributed by atoms with van der Waals surface area (Å²) in [6.07, 6.45) is 0.663. The van der Waals surface area contributed by atoms with E-state index < -0.39 is 12.2 Å². The minimum atomic E-state index is -0.652. The zero-order valence-electron chi connectivity index (χ0n) is 12.8. The highest BCUT2D eigenvalue weighted by molar-refractivity contribution is 5.93. The topological polar surface area (TPSA) is 72.6 Å². The highest BCUT2D eigenvalue weighted by atomic mass is 16.6. The summed E-state index contributed by atoms with van der Waals surface area (Å²) in [5, 5.41) is 0. The zero-order valence-corrected chi connectivity index (χ0v) is 12.8. The molecule has 1 aromatic carbocycles. The SMILES string of the molecule is C=C(C)C(=O)OC(CCC)N(C(C)=O)c1ccc(N)cc1. The monoisotopic (exact) mass is 290 g/mol. The summed E-state index contributed by atoms with van der Waals surface area (Å²) in [7, 11) is 0. The largest absolute Gasteiger partial charge is 0.438 e. The van der Waals surface area contributed by atoms with Crippen LogP contribution in [0.5, 0.6) is 0 Å². The molecule has 0 bridgehead atoms. The number of amides is 1. The van der Waals surface area contributed by atoms with E-state index in [0.717, 1.165) is 6.42 Å². The van der Waals surface area contributed by atoms with Gasteiger partial charge in [0.2, 0.25) is 5.91 Å². The first-order valence-electron chi connectivity index (χ1n) is 6.88. The number of ether oxygens (including phenoxy) is 1. The molecule has 1 aromatic rings. The molecular formula is C16H22N2O3. The maximum absolute atomic E-state index is 12.0. The van der Waals surface area contributed by atoms with Crippen LogP contribution in [-0.4, -0.2) is 18.1 Å². The van der Waals surface area contributed by atoms with Crippen LogP contribution in [0.25, 0.3) is 0 Å². The van der Waals surface area contributed by atoms with Crippen molar-refractivity contribution in [3.8, 4) is 0 Å². The molecule has 1 amide bonds. The average Bonchev–Trinajstić information content (AvgIpc) is 2.40. The quantitative estimate of drug-likeness (QED) is 0.378. The third-order valence-corrected chi connectivity index (χ3v) is 2.93. The molecule has 5 nitrogen and oxygen atoms in total. The van der Waals surface area contributed by atoms with E-state index >= 15 is 0 Å². The minimum absolute atomic E-state index is 0.201. The molecule has 0 spiro atoms. The molecule has 1 unspecified atom stereocenters. The van der Waals surface area contributed by atoms with Gasteiger partial charge in [0.15, 0.2) is 6.23 Å². The van der Waals surface area contributed by atoms with Crippen LogP contribution >= 0.6 is 0 Å². The fraction of sp³-hybridized carbons (Fsp3) is 0.375. The van der Waals surface area contributed by atoms with Crippen molar-refractivity contribution in [2.24, 2.45) is 0 Å². The lowest BCUT2D eigenvalue weighted by Crippen LogP contribution is -2.42. The molecule has 0 aromatic heterocycles. The van der Waals surface area contributed by atoms with Gasteiger partial charge in [-0.25, -0.2) is 4.79 Å². The fourth-order valence-corrected chi connectivity index (χ4v) is 1.90. The van der Waals surface area contributed by atoms with E-state index in [-0.39, 0.29) is 5.91 Å². The molecule has 0 aliphatic heterocycles. The second-order valence-electron chi connectivity index (χ2n) is 4.91. The Labute approximate surface area is 125 Å². The lowest BCUT2D eigenvalue weighted by molar-refractivity contribution is -0.145. The molecular weight excluding hydrogens is 268 g/mol. The van der Waals surface area contributed by atoms with Crippen LogP contribution in [0.15, 0.2) is 36.4 Å². The van der Waals surface area contributed by atoms with Crippen LogP contribution in [0.1, 0.15) is 33.6 Å². The predicted octanol–water partition coefficient (Wildman–Crippen LogP) is 2.87. The Morgan fingerprint density at radius 2 is 1.86 bits per heavy atom. The van der Waals surface area contributed by atoms with Gasteiger partial charge in [0, 0.05) is 30.3 Å². The van der Waals surface area contributed by atoms with E-state index in [9.17, 15) is 9.59 Å². The smallest absolute Gasteiger partial charge is 0.335 e. The van der Waals surface area contributed by atoms with Gasteiger partial charge in [-0.1, -0.05) is 19.9 Å².